The number of benzene rings is 1. The van der Waals surface area contributed by atoms with E-state index in [9.17, 15) is 9.90 Å². The Hall–Kier alpha value is -3.53. The second-order valence-electron chi connectivity index (χ2n) is 11.9. The molecule has 0 saturated heterocycles. The minimum atomic E-state index is -1.19. The number of aromatic carboxylic acids is 1. The number of carbonyl (C=O) groups is 1. The number of halogens is 2. The normalized spacial score (nSPS) is 23.3. The molecule has 4 aromatic rings. The van der Waals surface area contributed by atoms with Gasteiger partial charge in [-0.3, -0.25) is 4.98 Å². The number of fused-ring (bicyclic) bond motifs is 4. The number of allylic oxidation sites excluding steroid dienone is 1. The lowest BCUT2D eigenvalue weighted by Crippen LogP contribution is -2.46. The maximum Gasteiger partial charge on any atom is 0.374 e. The van der Waals surface area contributed by atoms with Crippen LogP contribution in [0, 0.1) is 5.41 Å². The number of ether oxygens (including phenoxy) is 2. The number of aromatic nitrogens is 4. The van der Waals surface area contributed by atoms with E-state index in [1.807, 2.05) is 18.2 Å². The largest absolute Gasteiger partial charge is 0.480 e. The van der Waals surface area contributed by atoms with E-state index in [0.717, 1.165) is 68.3 Å². The van der Waals surface area contributed by atoms with Gasteiger partial charge in [-0.2, -0.15) is 4.98 Å². The van der Waals surface area contributed by atoms with Crippen LogP contribution in [-0.4, -0.2) is 43.9 Å². The first-order chi connectivity index (χ1) is 20.8. The first-order valence-corrected chi connectivity index (χ1v) is 15.2. The zero-order valence-corrected chi connectivity index (χ0v) is 25.1. The molecule has 3 aromatic heterocycles. The van der Waals surface area contributed by atoms with Crippen molar-refractivity contribution in [3.8, 4) is 17.1 Å². The fraction of sp³-hybridized carbons (Fsp3) is 0.406. The summed E-state index contributed by atoms with van der Waals surface area (Å²) in [6.45, 7) is 0.410. The van der Waals surface area contributed by atoms with Crippen molar-refractivity contribution >= 4 is 46.2 Å². The van der Waals surface area contributed by atoms with E-state index in [0.29, 0.717) is 44.7 Å². The van der Waals surface area contributed by atoms with Gasteiger partial charge >= 0.3 is 5.97 Å². The van der Waals surface area contributed by atoms with Crippen LogP contribution in [0.5, 0.6) is 5.88 Å². The molecule has 9 nitrogen and oxygen atoms in total. The fourth-order valence-corrected chi connectivity index (χ4v) is 7.12. The van der Waals surface area contributed by atoms with E-state index in [2.05, 4.69) is 32.3 Å². The summed E-state index contributed by atoms with van der Waals surface area (Å²) in [5, 5.41) is 15.3. The summed E-state index contributed by atoms with van der Waals surface area (Å²) in [6.07, 6.45) is 15.9. The molecule has 4 saturated carbocycles. The second kappa shape index (κ2) is 10.9. The van der Waals surface area contributed by atoms with Crippen LogP contribution in [-0.2, 0) is 11.3 Å². The summed E-state index contributed by atoms with van der Waals surface area (Å²) in [5.41, 5.74) is 3.70. The Labute approximate surface area is 258 Å². The van der Waals surface area contributed by atoms with E-state index in [1.165, 1.54) is 7.11 Å². The molecule has 8 rings (SSSR count). The van der Waals surface area contributed by atoms with Crippen molar-refractivity contribution in [1.82, 2.24) is 20.1 Å². The van der Waals surface area contributed by atoms with Gasteiger partial charge in [0.15, 0.2) is 0 Å². The average Bonchev–Trinajstić information content (AvgIpc) is 3.79. The molecule has 4 aliphatic carbocycles. The number of nitrogens with zero attached hydrogens (tertiary/aromatic N) is 4. The number of hydrogen-bond acceptors (Lipinski definition) is 8. The zero-order chi connectivity index (χ0) is 29.8. The number of methoxy groups -OCH3 is 1. The summed E-state index contributed by atoms with van der Waals surface area (Å²) < 4.78 is 18.0. The third-order valence-corrected chi connectivity index (χ3v) is 9.89. The topological polar surface area (TPSA) is 120 Å². The van der Waals surface area contributed by atoms with Crippen molar-refractivity contribution in [2.45, 2.75) is 69.5 Å². The maximum atomic E-state index is 11.4. The van der Waals surface area contributed by atoms with E-state index in [1.54, 1.807) is 12.4 Å². The van der Waals surface area contributed by atoms with Gasteiger partial charge < -0.3 is 19.1 Å². The quantitative estimate of drug-likeness (QED) is 0.199. The molecule has 0 unspecified atom stereocenters. The Morgan fingerprint density at radius 3 is 2.47 bits per heavy atom. The van der Waals surface area contributed by atoms with Crippen LogP contribution in [0.4, 0.5) is 0 Å². The molecule has 0 aliphatic heterocycles. The van der Waals surface area contributed by atoms with E-state index in [-0.39, 0.29) is 22.7 Å². The summed E-state index contributed by atoms with van der Waals surface area (Å²) in [7, 11) is 1.48. The predicted octanol–water partition coefficient (Wildman–Crippen LogP) is 7.89. The second-order valence-corrected chi connectivity index (χ2v) is 12.7. The first kappa shape index (κ1) is 28.3. The van der Waals surface area contributed by atoms with Gasteiger partial charge in [-0.15, -0.1) is 0 Å². The van der Waals surface area contributed by atoms with E-state index >= 15 is 0 Å². The molecule has 4 aliphatic rings. The highest BCUT2D eigenvalue weighted by molar-refractivity contribution is 6.38. The van der Waals surface area contributed by atoms with Gasteiger partial charge in [-0.1, -0.05) is 46.6 Å². The summed E-state index contributed by atoms with van der Waals surface area (Å²) in [5.74, 6) is 0.0348. The van der Waals surface area contributed by atoms with Crippen molar-refractivity contribution in [1.29, 1.82) is 0 Å². The van der Waals surface area contributed by atoms with Crippen LogP contribution in [0.1, 0.15) is 84.8 Å². The highest BCUT2D eigenvalue weighted by atomic mass is 35.5. The lowest BCUT2D eigenvalue weighted by molar-refractivity contribution is -0.133. The Bertz CT molecular complexity index is 1720. The molecule has 43 heavy (non-hydrogen) atoms. The predicted molar refractivity (Wildman–Crippen MR) is 161 cm³/mol. The molecule has 0 atom stereocenters. The molecule has 222 valence electrons. The molecule has 0 amide bonds. The number of pyridine rings is 1. The molecule has 1 aromatic carbocycles. The van der Waals surface area contributed by atoms with Crippen LogP contribution in [0.15, 0.2) is 41.2 Å². The van der Waals surface area contributed by atoms with Crippen LogP contribution in [0.25, 0.3) is 28.2 Å². The van der Waals surface area contributed by atoms with Gasteiger partial charge in [0.25, 0.3) is 0 Å². The van der Waals surface area contributed by atoms with Crippen LogP contribution in [0.3, 0.4) is 0 Å². The van der Waals surface area contributed by atoms with Gasteiger partial charge in [0.2, 0.25) is 11.7 Å². The number of carboxylic acid groups (broad SMARTS) is 1. The Balaban J connectivity index is 1.07. The lowest BCUT2D eigenvalue weighted by Gasteiger charge is -2.52. The maximum absolute atomic E-state index is 11.4. The minimum Gasteiger partial charge on any atom is -0.480 e. The summed E-state index contributed by atoms with van der Waals surface area (Å²) in [4.78, 5) is 23.7. The highest BCUT2D eigenvalue weighted by Gasteiger charge is 2.48. The lowest BCUT2D eigenvalue weighted by atomic mass is 9.58. The summed E-state index contributed by atoms with van der Waals surface area (Å²) in [6, 6.07) is 5.70. The van der Waals surface area contributed by atoms with Gasteiger partial charge in [-0.05, 0) is 74.5 Å². The standard InChI is InChI=1S/C32H30Cl2N4O5/c1-41-29-20-14-18(2-5-24(20)36-28(37-29)30(39)40)6-7-31-8-11-32(12-9-31,13-10-31)42-17-21-26(38-43-27(21)19-3-4-19)25-22(33)15-35-16-23(25)34/h2,5-7,14-16,19H,3-4,8-13,17H2,1H3,(H,39,40). The van der Waals surface area contributed by atoms with Crippen molar-refractivity contribution in [3.63, 3.8) is 0 Å². The molecule has 4 fully saturated rings. The monoisotopic (exact) mass is 620 g/mol. The number of hydrogen-bond donors (Lipinski definition) is 1. The van der Waals surface area contributed by atoms with Crippen LogP contribution >= 0.6 is 23.2 Å². The van der Waals surface area contributed by atoms with Gasteiger partial charge in [0.1, 0.15) is 11.5 Å². The van der Waals surface area contributed by atoms with Crippen LogP contribution in [0.2, 0.25) is 10.0 Å². The number of rotatable bonds is 9. The first-order valence-electron chi connectivity index (χ1n) is 14.5. The zero-order valence-electron chi connectivity index (χ0n) is 23.6. The Kier molecular flexibility index (Phi) is 7.15. The third-order valence-electron chi connectivity index (χ3n) is 9.31. The molecule has 1 N–H and O–H groups in total. The van der Waals surface area contributed by atoms with Crippen LogP contribution < -0.4 is 4.74 Å². The molecular weight excluding hydrogens is 591 g/mol. The van der Waals surface area contributed by atoms with Gasteiger partial charge in [-0.25, -0.2) is 9.78 Å². The number of carboxylic acids is 1. The SMILES string of the molecule is COc1nc(C(=O)O)nc2ccc(C=CC34CCC(OCc5c(-c6c(Cl)cncc6Cl)noc5C5CC5)(CC3)CC4)cc12. The Morgan fingerprint density at radius 1 is 1.09 bits per heavy atom. The van der Waals surface area contributed by atoms with Crippen molar-refractivity contribution in [2.24, 2.45) is 5.41 Å². The smallest absolute Gasteiger partial charge is 0.374 e. The molecule has 11 heteroatoms. The Morgan fingerprint density at radius 2 is 1.81 bits per heavy atom. The van der Waals surface area contributed by atoms with Crippen molar-refractivity contribution in [2.75, 3.05) is 7.11 Å². The van der Waals surface area contributed by atoms with Gasteiger partial charge in [0.05, 0.1) is 40.3 Å². The van der Waals surface area contributed by atoms with E-state index in [4.69, 9.17) is 37.2 Å². The highest BCUT2D eigenvalue weighted by Crippen LogP contribution is 2.55. The third kappa shape index (κ3) is 5.28. The van der Waals surface area contributed by atoms with Gasteiger partial charge in [0, 0.05) is 29.4 Å². The van der Waals surface area contributed by atoms with Crippen molar-refractivity contribution in [3.05, 3.63) is 69.4 Å². The fourth-order valence-electron chi connectivity index (χ4n) is 6.58. The molecule has 0 radical (unpaired) electrons. The average molecular weight is 622 g/mol. The molecular formula is C32H30Cl2N4O5. The van der Waals surface area contributed by atoms with Crippen molar-refractivity contribution < 1.29 is 23.9 Å². The van der Waals surface area contributed by atoms with E-state index < -0.39 is 5.97 Å². The molecule has 2 bridgehead atoms. The summed E-state index contributed by atoms with van der Waals surface area (Å²) >= 11 is 13.0. The minimum absolute atomic E-state index is 0.118. The molecule has 3 heterocycles. The molecule has 0 spiro atoms.